The van der Waals surface area contributed by atoms with Gasteiger partial charge in [-0.15, -0.1) is 0 Å². The van der Waals surface area contributed by atoms with Crippen molar-refractivity contribution in [3.05, 3.63) is 0 Å². The first-order valence-electron chi connectivity index (χ1n) is 3.20. The van der Waals surface area contributed by atoms with E-state index in [1.807, 2.05) is 0 Å². The Balaban J connectivity index is 4.78. The van der Waals surface area contributed by atoms with Gasteiger partial charge in [-0.3, -0.25) is 0 Å². The molecule has 0 spiro atoms. The van der Waals surface area contributed by atoms with Gasteiger partial charge in [0.05, 0.1) is 0 Å². The second-order valence-electron chi connectivity index (χ2n) is 2.22. The number of alkyl halides is 6. The Morgan fingerprint density at radius 3 is 1.81 bits per heavy atom. The average molecular weight is 280 g/mol. The lowest BCUT2D eigenvalue weighted by molar-refractivity contribution is -0.241. The molecule has 0 aromatic rings. The van der Waals surface area contributed by atoms with Gasteiger partial charge in [-0.1, -0.05) is 4.39 Å². The molecule has 0 saturated carbocycles. The van der Waals surface area contributed by atoms with E-state index in [2.05, 4.69) is 4.74 Å². The van der Waals surface area contributed by atoms with E-state index in [-0.39, 0.29) is 0 Å². The topological polar surface area (TPSA) is 52.6 Å². The second kappa shape index (κ2) is 5.14. The zero-order valence-corrected chi connectivity index (χ0v) is 7.74. The second-order valence-corrected chi connectivity index (χ2v) is 3.80. The summed E-state index contributed by atoms with van der Waals surface area (Å²) in [6.07, 6.45) is -12.1. The third kappa shape index (κ3) is 3.18. The monoisotopic (exact) mass is 280 g/mol. The third-order valence-corrected chi connectivity index (χ3v) is 2.15. The van der Waals surface area contributed by atoms with E-state index in [4.69, 9.17) is 0 Å². The molecule has 0 fully saturated rings. The van der Waals surface area contributed by atoms with E-state index in [1.165, 1.54) is 0 Å². The summed E-state index contributed by atoms with van der Waals surface area (Å²) in [4.78, 5) is 0. The molecule has 0 N–H and O–H groups in total. The standard InChI is InChI=1S/C4H3F7O4S/c5-1(6)2(7)14-3(8)4(9,10)16(12,13)15-11/h1-3H. The van der Waals surface area contributed by atoms with Crippen LogP contribution in [0.4, 0.5) is 30.9 Å². The van der Waals surface area contributed by atoms with E-state index < -0.39 is 34.5 Å². The molecule has 0 aliphatic heterocycles. The van der Waals surface area contributed by atoms with Crippen molar-refractivity contribution < 1.29 is 48.4 Å². The van der Waals surface area contributed by atoms with Crippen molar-refractivity contribution in [2.45, 2.75) is 24.4 Å². The first kappa shape index (κ1) is 15.4. The smallest absolute Gasteiger partial charge is 0.302 e. The molecule has 12 heteroatoms. The highest BCUT2D eigenvalue weighted by atomic mass is 32.2. The van der Waals surface area contributed by atoms with Crippen LogP contribution in [0.5, 0.6) is 0 Å². The van der Waals surface area contributed by atoms with Gasteiger partial charge in [-0.2, -0.15) is 17.2 Å². The van der Waals surface area contributed by atoms with E-state index in [9.17, 15) is 39.3 Å². The molecule has 0 aliphatic rings. The van der Waals surface area contributed by atoms with Gasteiger partial charge >= 0.3 is 15.4 Å². The third-order valence-electron chi connectivity index (χ3n) is 1.13. The number of halogens is 7. The predicted octanol–water partition coefficient (Wildman–Crippen LogP) is 1.68. The van der Waals surface area contributed by atoms with E-state index in [0.717, 1.165) is 0 Å². The summed E-state index contributed by atoms with van der Waals surface area (Å²) in [5.74, 6) is 0. The molecule has 2 unspecified atom stereocenters. The zero-order valence-electron chi connectivity index (χ0n) is 6.92. The largest absolute Gasteiger partial charge is 0.426 e. The van der Waals surface area contributed by atoms with Crippen molar-refractivity contribution in [1.82, 2.24) is 0 Å². The summed E-state index contributed by atoms with van der Waals surface area (Å²) in [5.41, 5.74) is 0. The molecule has 0 radical (unpaired) electrons. The molecular weight excluding hydrogens is 277 g/mol. The van der Waals surface area contributed by atoms with Crippen molar-refractivity contribution in [3.63, 3.8) is 0 Å². The Hall–Kier alpha value is -0.620. The molecular formula is C4H3F7O4S. The van der Waals surface area contributed by atoms with Crippen LogP contribution in [0.2, 0.25) is 0 Å². The molecule has 0 rings (SSSR count). The van der Waals surface area contributed by atoms with Crippen LogP contribution in [-0.2, 0) is 19.2 Å². The van der Waals surface area contributed by atoms with Crippen LogP contribution in [-0.4, -0.2) is 32.8 Å². The Kier molecular flexibility index (Phi) is 4.94. The molecule has 0 saturated heterocycles. The van der Waals surface area contributed by atoms with Crippen LogP contribution in [0.25, 0.3) is 0 Å². The lowest BCUT2D eigenvalue weighted by Gasteiger charge is -2.19. The maximum absolute atomic E-state index is 12.4. The highest BCUT2D eigenvalue weighted by molar-refractivity contribution is 7.87. The highest BCUT2D eigenvalue weighted by Gasteiger charge is 2.57. The quantitative estimate of drug-likeness (QED) is 0.695. The van der Waals surface area contributed by atoms with Crippen molar-refractivity contribution in [1.29, 1.82) is 0 Å². The molecule has 16 heavy (non-hydrogen) atoms. The van der Waals surface area contributed by atoms with Gasteiger partial charge in [-0.25, -0.2) is 17.6 Å². The van der Waals surface area contributed by atoms with E-state index >= 15 is 0 Å². The molecule has 0 heterocycles. The summed E-state index contributed by atoms with van der Waals surface area (Å²) in [6.45, 7) is 0. The number of hydrogen-bond acceptors (Lipinski definition) is 4. The van der Waals surface area contributed by atoms with Crippen molar-refractivity contribution in [3.8, 4) is 0 Å². The Morgan fingerprint density at radius 1 is 1.06 bits per heavy atom. The fraction of sp³-hybridized carbons (Fsp3) is 1.00. The highest BCUT2D eigenvalue weighted by Crippen LogP contribution is 2.32. The van der Waals surface area contributed by atoms with Crippen LogP contribution in [0.3, 0.4) is 0 Å². The maximum Gasteiger partial charge on any atom is 0.426 e. The lowest BCUT2D eigenvalue weighted by atomic mass is 10.6. The predicted molar refractivity (Wildman–Crippen MR) is 32.9 cm³/mol. The molecule has 0 aliphatic carbocycles. The van der Waals surface area contributed by atoms with Gasteiger partial charge in [0.15, 0.2) is 0 Å². The summed E-state index contributed by atoms with van der Waals surface area (Å²) >= 11 is 0. The average Bonchev–Trinajstić information content (AvgIpc) is 2.16. The molecule has 2 atom stereocenters. The molecule has 0 aromatic carbocycles. The van der Waals surface area contributed by atoms with Crippen molar-refractivity contribution in [2.75, 3.05) is 0 Å². The number of hydrogen-bond donors (Lipinski definition) is 0. The summed E-state index contributed by atoms with van der Waals surface area (Å²) in [5, 5.41) is -5.67. The summed E-state index contributed by atoms with van der Waals surface area (Å²) in [6, 6.07) is 0. The first-order chi connectivity index (χ1) is 7.06. The summed E-state index contributed by atoms with van der Waals surface area (Å²) in [7, 11) is -6.38. The van der Waals surface area contributed by atoms with Crippen LogP contribution in [0.15, 0.2) is 0 Å². The van der Waals surface area contributed by atoms with Crippen LogP contribution < -0.4 is 0 Å². The van der Waals surface area contributed by atoms with Crippen molar-refractivity contribution in [2.24, 2.45) is 0 Å². The van der Waals surface area contributed by atoms with E-state index in [1.54, 1.807) is 4.39 Å². The number of rotatable bonds is 6. The van der Waals surface area contributed by atoms with E-state index in [0.29, 0.717) is 0 Å². The Labute approximate surface area is 84.0 Å². The lowest BCUT2D eigenvalue weighted by Crippen LogP contribution is -2.42. The molecule has 0 amide bonds. The van der Waals surface area contributed by atoms with Gasteiger partial charge in [0.1, 0.15) is 0 Å². The fourth-order valence-electron chi connectivity index (χ4n) is 0.408. The van der Waals surface area contributed by atoms with Gasteiger partial charge in [-0.05, 0) is 4.53 Å². The van der Waals surface area contributed by atoms with Crippen LogP contribution in [0, 0.1) is 0 Å². The van der Waals surface area contributed by atoms with Crippen LogP contribution in [0.1, 0.15) is 0 Å². The normalized spacial score (nSPS) is 17.5. The van der Waals surface area contributed by atoms with Gasteiger partial charge in [0.2, 0.25) is 0 Å². The van der Waals surface area contributed by atoms with Gasteiger partial charge in [0, 0.05) is 0 Å². The fourth-order valence-corrected chi connectivity index (χ4v) is 0.775. The minimum Gasteiger partial charge on any atom is -0.302 e. The molecule has 4 nitrogen and oxygen atoms in total. The Morgan fingerprint density at radius 2 is 1.50 bits per heavy atom. The summed E-state index contributed by atoms with van der Waals surface area (Å²) < 4.78 is 107. The minimum atomic E-state index is -6.38. The maximum atomic E-state index is 12.4. The first-order valence-corrected chi connectivity index (χ1v) is 4.61. The number of ether oxygens (including phenoxy) is 1. The molecule has 0 bridgehead atoms. The molecule has 98 valence electrons. The minimum absolute atomic E-state index is 1.76. The SMILES string of the molecule is O=S(=O)(OF)C(F)(F)C(F)OC(F)C(F)F. The Bertz CT molecular complexity index is 316. The van der Waals surface area contributed by atoms with Gasteiger partial charge in [0.25, 0.3) is 19.1 Å². The molecule has 0 aromatic heterocycles. The van der Waals surface area contributed by atoms with Gasteiger partial charge < -0.3 is 4.74 Å². The van der Waals surface area contributed by atoms with Crippen molar-refractivity contribution >= 4 is 10.1 Å². The van der Waals surface area contributed by atoms with Crippen LogP contribution >= 0.6 is 0 Å². The zero-order chi connectivity index (χ0) is 13.1.